The van der Waals surface area contributed by atoms with Gasteiger partial charge in [-0.15, -0.1) is 0 Å². The van der Waals surface area contributed by atoms with Gasteiger partial charge in [-0.2, -0.15) is 0 Å². The number of hydrogen-bond donors (Lipinski definition) is 1. The Balaban J connectivity index is 1.72. The molecule has 1 heterocycles. The second-order valence-electron chi connectivity index (χ2n) is 6.47. The first-order valence-electron chi connectivity index (χ1n) is 8.74. The maximum atomic E-state index is 12.7. The second-order valence-corrected chi connectivity index (χ2v) is 6.47. The van der Waals surface area contributed by atoms with Crippen molar-refractivity contribution in [3.8, 4) is 0 Å². The van der Waals surface area contributed by atoms with E-state index in [4.69, 9.17) is 0 Å². The number of nitrogens with zero attached hydrogens (tertiary/aromatic N) is 2. The number of nitrogens with one attached hydrogen (secondary N) is 1. The van der Waals surface area contributed by atoms with E-state index in [9.17, 15) is 9.59 Å². The van der Waals surface area contributed by atoms with Crippen LogP contribution in [0.4, 0.5) is 5.69 Å². The van der Waals surface area contributed by atoms with Crippen LogP contribution in [0.15, 0.2) is 48.8 Å². The van der Waals surface area contributed by atoms with E-state index in [1.165, 1.54) is 18.8 Å². The molecular formula is C20H23N3O2. The Labute approximate surface area is 148 Å². The molecule has 1 saturated carbocycles. The molecule has 1 aromatic heterocycles. The zero-order valence-corrected chi connectivity index (χ0v) is 14.4. The number of rotatable bonds is 4. The molecule has 0 saturated heterocycles. The van der Waals surface area contributed by atoms with E-state index in [1.54, 1.807) is 18.0 Å². The molecule has 130 valence electrons. The summed E-state index contributed by atoms with van der Waals surface area (Å²) in [5, 5.41) is 3.06. The third-order valence-electron chi connectivity index (χ3n) is 4.64. The number of pyridine rings is 1. The highest BCUT2D eigenvalue weighted by Gasteiger charge is 2.19. The highest BCUT2D eigenvalue weighted by molar-refractivity contribution is 6.07. The first kappa shape index (κ1) is 17.1. The van der Waals surface area contributed by atoms with Crippen molar-refractivity contribution in [2.24, 2.45) is 0 Å². The fourth-order valence-electron chi connectivity index (χ4n) is 3.16. The van der Waals surface area contributed by atoms with Crippen LogP contribution in [0.1, 0.15) is 52.8 Å². The Kier molecular flexibility index (Phi) is 5.43. The molecule has 0 atom stereocenters. The number of benzene rings is 1. The van der Waals surface area contributed by atoms with Crippen molar-refractivity contribution in [3.05, 3.63) is 59.9 Å². The van der Waals surface area contributed by atoms with Gasteiger partial charge in [-0.05, 0) is 31.0 Å². The average molecular weight is 337 g/mol. The molecule has 0 bridgehead atoms. The van der Waals surface area contributed by atoms with Crippen LogP contribution in [0, 0.1) is 0 Å². The van der Waals surface area contributed by atoms with Gasteiger partial charge in [0.15, 0.2) is 0 Å². The Morgan fingerprint density at radius 1 is 1.04 bits per heavy atom. The van der Waals surface area contributed by atoms with Gasteiger partial charge in [0.25, 0.3) is 11.8 Å². The first-order chi connectivity index (χ1) is 12.1. The number of hydrogen-bond acceptors (Lipinski definition) is 3. The van der Waals surface area contributed by atoms with Gasteiger partial charge in [0, 0.05) is 31.2 Å². The lowest BCUT2D eigenvalue weighted by Crippen LogP contribution is -2.36. The quantitative estimate of drug-likeness (QED) is 0.930. The van der Waals surface area contributed by atoms with Crippen LogP contribution in [-0.2, 0) is 0 Å². The van der Waals surface area contributed by atoms with Crippen LogP contribution in [0.25, 0.3) is 0 Å². The van der Waals surface area contributed by atoms with E-state index >= 15 is 0 Å². The summed E-state index contributed by atoms with van der Waals surface area (Å²) in [6.45, 7) is 0. The van der Waals surface area contributed by atoms with Gasteiger partial charge in [-0.1, -0.05) is 37.5 Å². The molecule has 1 aliphatic rings. The number of amides is 2. The summed E-state index contributed by atoms with van der Waals surface area (Å²) in [6, 6.07) is 11.2. The minimum atomic E-state index is -0.189. The molecule has 3 rings (SSSR count). The van der Waals surface area contributed by atoms with E-state index in [2.05, 4.69) is 10.3 Å². The third kappa shape index (κ3) is 4.24. The Hall–Kier alpha value is -2.69. The summed E-state index contributed by atoms with van der Waals surface area (Å²) in [5.74, 6) is -0.345. The third-order valence-corrected chi connectivity index (χ3v) is 4.64. The van der Waals surface area contributed by atoms with Gasteiger partial charge in [-0.3, -0.25) is 14.6 Å². The van der Waals surface area contributed by atoms with Crippen molar-refractivity contribution in [1.82, 2.24) is 10.3 Å². The van der Waals surface area contributed by atoms with Gasteiger partial charge in [0.1, 0.15) is 0 Å². The molecule has 1 N–H and O–H groups in total. The average Bonchev–Trinajstić information content (AvgIpc) is 2.68. The molecule has 0 unspecified atom stereocenters. The molecule has 1 aliphatic carbocycles. The lowest BCUT2D eigenvalue weighted by molar-refractivity contribution is 0.0927. The summed E-state index contributed by atoms with van der Waals surface area (Å²) < 4.78 is 0. The van der Waals surface area contributed by atoms with Crippen LogP contribution < -0.4 is 10.2 Å². The lowest BCUT2D eigenvalue weighted by Gasteiger charge is -2.22. The fourth-order valence-corrected chi connectivity index (χ4v) is 3.16. The summed E-state index contributed by atoms with van der Waals surface area (Å²) in [6.07, 6.45) is 8.61. The van der Waals surface area contributed by atoms with Crippen LogP contribution >= 0.6 is 0 Å². The number of anilines is 1. The summed E-state index contributed by atoms with van der Waals surface area (Å²) in [7, 11) is 1.71. The van der Waals surface area contributed by atoms with Gasteiger partial charge in [0.05, 0.1) is 11.1 Å². The number of aromatic nitrogens is 1. The van der Waals surface area contributed by atoms with Gasteiger partial charge >= 0.3 is 0 Å². The molecular weight excluding hydrogens is 314 g/mol. The van der Waals surface area contributed by atoms with Crippen LogP contribution in [0.3, 0.4) is 0 Å². The molecule has 0 spiro atoms. The molecule has 2 aromatic rings. The van der Waals surface area contributed by atoms with Crippen molar-refractivity contribution in [2.45, 2.75) is 38.1 Å². The summed E-state index contributed by atoms with van der Waals surface area (Å²) in [4.78, 5) is 30.8. The summed E-state index contributed by atoms with van der Waals surface area (Å²) in [5.41, 5.74) is 1.63. The highest BCUT2D eigenvalue weighted by Crippen LogP contribution is 2.18. The van der Waals surface area contributed by atoms with Gasteiger partial charge in [0.2, 0.25) is 0 Å². The topological polar surface area (TPSA) is 62.3 Å². The normalized spacial score (nSPS) is 14.8. The Morgan fingerprint density at radius 3 is 2.44 bits per heavy atom. The lowest BCUT2D eigenvalue weighted by atomic mass is 9.95. The molecule has 5 heteroatoms. The fraction of sp³-hybridized carbons (Fsp3) is 0.350. The largest absolute Gasteiger partial charge is 0.349 e. The predicted octanol–water partition coefficient (Wildman–Crippen LogP) is 3.42. The van der Waals surface area contributed by atoms with E-state index in [1.807, 2.05) is 30.3 Å². The molecule has 0 aliphatic heterocycles. The van der Waals surface area contributed by atoms with E-state index in [0.717, 1.165) is 31.4 Å². The van der Waals surface area contributed by atoms with E-state index in [0.29, 0.717) is 11.1 Å². The van der Waals surface area contributed by atoms with Crippen molar-refractivity contribution in [3.63, 3.8) is 0 Å². The zero-order valence-electron chi connectivity index (χ0n) is 14.4. The minimum Gasteiger partial charge on any atom is -0.349 e. The molecule has 25 heavy (non-hydrogen) atoms. The molecule has 5 nitrogen and oxygen atoms in total. The maximum absolute atomic E-state index is 12.7. The molecule has 2 amide bonds. The number of carbonyl (C=O) groups is 2. The highest BCUT2D eigenvalue weighted by atomic mass is 16.2. The van der Waals surface area contributed by atoms with E-state index < -0.39 is 0 Å². The monoisotopic (exact) mass is 337 g/mol. The zero-order chi connectivity index (χ0) is 17.6. The van der Waals surface area contributed by atoms with Crippen LogP contribution in [-0.4, -0.2) is 29.9 Å². The van der Waals surface area contributed by atoms with Crippen molar-refractivity contribution in [2.75, 3.05) is 11.9 Å². The van der Waals surface area contributed by atoms with Gasteiger partial charge in [-0.25, -0.2) is 0 Å². The second kappa shape index (κ2) is 7.92. The van der Waals surface area contributed by atoms with Crippen LogP contribution in [0.5, 0.6) is 0 Å². The smallest absolute Gasteiger partial charge is 0.259 e. The predicted molar refractivity (Wildman–Crippen MR) is 97.8 cm³/mol. The van der Waals surface area contributed by atoms with Crippen molar-refractivity contribution in [1.29, 1.82) is 0 Å². The molecule has 0 radical (unpaired) electrons. The first-order valence-corrected chi connectivity index (χ1v) is 8.74. The maximum Gasteiger partial charge on any atom is 0.259 e. The minimum absolute atomic E-state index is 0.156. The van der Waals surface area contributed by atoms with E-state index in [-0.39, 0.29) is 17.9 Å². The van der Waals surface area contributed by atoms with Crippen LogP contribution in [0.2, 0.25) is 0 Å². The standard InChI is InChI=1S/C20H23N3O2/c1-23(18-10-6-3-7-11-18)20(25)16-12-15(13-21-14-16)19(24)22-17-8-4-2-5-9-17/h3,6-7,10-14,17H,2,4-5,8-9H2,1H3,(H,22,24). The number of carbonyl (C=O) groups excluding carboxylic acids is 2. The summed E-state index contributed by atoms with van der Waals surface area (Å²) >= 11 is 0. The SMILES string of the molecule is CN(C(=O)c1cncc(C(=O)NC2CCCCC2)c1)c1ccccc1. The van der Waals surface area contributed by atoms with Crippen molar-refractivity contribution >= 4 is 17.5 Å². The Bertz CT molecular complexity index is 740. The number of para-hydroxylation sites is 1. The van der Waals surface area contributed by atoms with Gasteiger partial charge < -0.3 is 10.2 Å². The molecule has 1 aromatic carbocycles. The molecule has 1 fully saturated rings. The van der Waals surface area contributed by atoms with Crippen molar-refractivity contribution < 1.29 is 9.59 Å². The Morgan fingerprint density at radius 2 is 1.72 bits per heavy atom.